The lowest BCUT2D eigenvalue weighted by Gasteiger charge is -2.18. The number of carbonyl (C=O) groups excluding carboxylic acids is 2. The van der Waals surface area contributed by atoms with Crippen molar-refractivity contribution in [3.05, 3.63) is 65.0 Å². The van der Waals surface area contributed by atoms with Gasteiger partial charge in [-0.3, -0.25) is 9.59 Å². The summed E-state index contributed by atoms with van der Waals surface area (Å²) in [6.07, 6.45) is 0.244. The maximum atomic E-state index is 13.2. The van der Waals surface area contributed by atoms with Crippen LogP contribution in [0.1, 0.15) is 27.9 Å². The van der Waals surface area contributed by atoms with E-state index in [2.05, 4.69) is 5.32 Å². The second-order valence-corrected chi connectivity index (χ2v) is 6.16. The first kappa shape index (κ1) is 16.2. The number of carbonyl (C=O) groups is 2. The summed E-state index contributed by atoms with van der Waals surface area (Å²) < 4.78 is 13.2. The molecule has 24 heavy (non-hydrogen) atoms. The molecular weight excluding hydrogens is 307 g/mol. The van der Waals surface area contributed by atoms with Crippen LogP contribution in [0.15, 0.2) is 42.5 Å². The van der Waals surface area contributed by atoms with E-state index in [-0.39, 0.29) is 29.8 Å². The van der Waals surface area contributed by atoms with Crippen molar-refractivity contribution in [1.82, 2.24) is 5.32 Å². The molecule has 0 aromatic heterocycles. The van der Waals surface area contributed by atoms with Crippen LogP contribution in [0, 0.1) is 19.7 Å². The highest BCUT2D eigenvalue weighted by Crippen LogP contribution is 2.24. The molecule has 2 aromatic rings. The molecule has 1 aliphatic heterocycles. The predicted molar refractivity (Wildman–Crippen MR) is 90.5 cm³/mol. The molecule has 0 bridgehead atoms. The van der Waals surface area contributed by atoms with Gasteiger partial charge in [-0.05, 0) is 55.3 Å². The molecule has 0 radical (unpaired) electrons. The molecule has 2 amide bonds. The van der Waals surface area contributed by atoms with Gasteiger partial charge in [-0.15, -0.1) is 0 Å². The number of amides is 2. The zero-order valence-corrected chi connectivity index (χ0v) is 13.7. The topological polar surface area (TPSA) is 49.4 Å². The fourth-order valence-electron chi connectivity index (χ4n) is 2.85. The Morgan fingerprint density at radius 3 is 2.67 bits per heavy atom. The first-order valence-electron chi connectivity index (χ1n) is 7.88. The maximum Gasteiger partial charge on any atom is 0.251 e. The Morgan fingerprint density at radius 2 is 1.96 bits per heavy atom. The van der Waals surface area contributed by atoms with Crippen molar-refractivity contribution in [2.24, 2.45) is 0 Å². The minimum absolute atomic E-state index is 0.0252. The zero-order chi connectivity index (χ0) is 17.3. The van der Waals surface area contributed by atoms with Gasteiger partial charge in [0, 0.05) is 24.2 Å². The molecule has 1 fully saturated rings. The van der Waals surface area contributed by atoms with Gasteiger partial charge in [0.2, 0.25) is 5.91 Å². The summed E-state index contributed by atoms with van der Waals surface area (Å²) in [6, 6.07) is 11.1. The molecule has 0 saturated carbocycles. The summed E-state index contributed by atoms with van der Waals surface area (Å²) >= 11 is 0. The second kappa shape index (κ2) is 6.43. The average molecular weight is 326 g/mol. The Bertz CT molecular complexity index is 804. The molecule has 2 aromatic carbocycles. The van der Waals surface area contributed by atoms with Gasteiger partial charge in [0.15, 0.2) is 0 Å². The summed E-state index contributed by atoms with van der Waals surface area (Å²) in [5.41, 5.74) is 3.38. The Balaban J connectivity index is 1.70. The lowest BCUT2D eigenvalue weighted by Crippen LogP contribution is -2.37. The van der Waals surface area contributed by atoms with Gasteiger partial charge in [-0.1, -0.05) is 12.1 Å². The highest BCUT2D eigenvalue weighted by atomic mass is 19.1. The molecule has 3 rings (SSSR count). The van der Waals surface area contributed by atoms with E-state index in [1.165, 1.54) is 23.8 Å². The quantitative estimate of drug-likeness (QED) is 0.943. The molecular formula is C19H19FN2O2. The number of benzene rings is 2. The van der Waals surface area contributed by atoms with Crippen molar-refractivity contribution in [2.75, 3.05) is 11.4 Å². The Morgan fingerprint density at radius 1 is 1.17 bits per heavy atom. The van der Waals surface area contributed by atoms with Crippen LogP contribution in [0.25, 0.3) is 0 Å². The molecule has 4 nitrogen and oxygen atoms in total. The van der Waals surface area contributed by atoms with Gasteiger partial charge < -0.3 is 10.2 Å². The molecule has 0 unspecified atom stereocenters. The number of nitrogens with zero attached hydrogens (tertiary/aromatic N) is 1. The highest BCUT2D eigenvalue weighted by Gasteiger charge is 2.31. The minimum atomic E-state index is -0.457. The number of aryl methyl sites for hydroxylation is 2. The lowest BCUT2D eigenvalue weighted by molar-refractivity contribution is -0.117. The highest BCUT2D eigenvalue weighted by molar-refractivity contribution is 5.99. The van der Waals surface area contributed by atoms with Gasteiger partial charge in [-0.25, -0.2) is 4.39 Å². The molecule has 0 aliphatic carbocycles. The standard InChI is InChI=1S/C19H19FN2O2/c1-12-6-7-17(8-13(12)2)22-11-16(10-18(22)23)21-19(24)14-4-3-5-15(20)9-14/h3-9,16H,10-11H2,1-2H3,(H,21,24)/t16-/m0/s1. The van der Waals surface area contributed by atoms with Crippen LogP contribution in [-0.4, -0.2) is 24.4 Å². The molecule has 1 N–H and O–H groups in total. The van der Waals surface area contributed by atoms with Crippen molar-refractivity contribution in [3.8, 4) is 0 Å². The van der Waals surface area contributed by atoms with E-state index in [0.717, 1.165) is 11.3 Å². The van der Waals surface area contributed by atoms with E-state index in [0.29, 0.717) is 6.54 Å². The third-order valence-corrected chi connectivity index (χ3v) is 4.35. The summed E-state index contributed by atoms with van der Waals surface area (Å²) in [4.78, 5) is 26.1. The first-order valence-corrected chi connectivity index (χ1v) is 7.88. The fourth-order valence-corrected chi connectivity index (χ4v) is 2.85. The molecule has 1 atom stereocenters. The van der Waals surface area contributed by atoms with E-state index >= 15 is 0 Å². The summed E-state index contributed by atoms with van der Waals surface area (Å²) in [5.74, 6) is -0.848. The number of halogens is 1. The third kappa shape index (κ3) is 3.30. The number of rotatable bonds is 3. The first-order chi connectivity index (χ1) is 11.4. The van der Waals surface area contributed by atoms with Crippen LogP contribution in [0.5, 0.6) is 0 Å². The van der Waals surface area contributed by atoms with E-state index in [4.69, 9.17) is 0 Å². The van der Waals surface area contributed by atoms with Crippen LogP contribution < -0.4 is 10.2 Å². The van der Waals surface area contributed by atoms with E-state index in [1.54, 1.807) is 11.0 Å². The zero-order valence-electron chi connectivity index (χ0n) is 13.7. The van der Waals surface area contributed by atoms with E-state index < -0.39 is 5.82 Å². The van der Waals surface area contributed by atoms with Gasteiger partial charge in [0.05, 0.1) is 6.04 Å². The Kier molecular flexibility index (Phi) is 4.34. The number of anilines is 1. The van der Waals surface area contributed by atoms with Crippen molar-refractivity contribution in [1.29, 1.82) is 0 Å². The second-order valence-electron chi connectivity index (χ2n) is 6.16. The van der Waals surface area contributed by atoms with Gasteiger partial charge in [0.25, 0.3) is 5.91 Å². The third-order valence-electron chi connectivity index (χ3n) is 4.35. The van der Waals surface area contributed by atoms with Crippen LogP contribution in [-0.2, 0) is 4.79 Å². The lowest BCUT2D eigenvalue weighted by atomic mass is 10.1. The molecule has 1 aliphatic rings. The Hall–Kier alpha value is -2.69. The van der Waals surface area contributed by atoms with Crippen LogP contribution in [0.4, 0.5) is 10.1 Å². The van der Waals surface area contributed by atoms with Crippen molar-refractivity contribution >= 4 is 17.5 Å². The van der Waals surface area contributed by atoms with Crippen molar-refractivity contribution in [3.63, 3.8) is 0 Å². The normalized spacial score (nSPS) is 17.2. The van der Waals surface area contributed by atoms with Crippen molar-refractivity contribution in [2.45, 2.75) is 26.3 Å². The Labute approximate surface area is 140 Å². The smallest absolute Gasteiger partial charge is 0.251 e. The van der Waals surface area contributed by atoms with Gasteiger partial charge in [0.1, 0.15) is 5.82 Å². The summed E-state index contributed by atoms with van der Waals surface area (Å²) in [5, 5.41) is 2.81. The average Bonchev–Trinajstić information content (AvgIpc) is 2.90. The van der Waals surface area contributed by atoms with Crippen LogP contribution >= 0.6 is 0 Å². The molecule has 5 heteroatoms. The fraction of sp³-hybridized carbons (Fsp3) is 0.263. The maximum absolute atomic E-state index is 13.2. The monoisotopic (exact) mass is 326 g/mol. The molecule has 1 heterocycles. The summed E-state index contributed by atoms with van der Waals surface area (Å²) in [7, 11) is 0. The van der Waals surface area contributed by atoms with Crippen LogP contribution in [0.3, 0.4) is 0 Å². The summed E-state index contributed by atoms with van der Waals surface area (Å²) in [6.45, 7) is 4.44. The number of hydrogen-bond acceptors (Lipinski definition) is 2. The van der Waals surface area contributed by atoms with Gasteiger partial charge in [-0.2, -0.15) is 0 Å². The largest absolute Gasteiger partial charge is 0.347 e. The van der Waals surface area contributed by atoms with E-state index in [1.807, 2.05) is 32.0 Å². The van der Waals surface area contributed by atoms with Crippen molar-refractivity contribution < 1.29 is 14.0 Å². The minimum Gasteiger partial charge on any atom is -0.347 e. The number of nitrogens with one attached hydrogen (secondary N) is 1. The van der Waals surface area contributed by atoms with Crippen LogP contribution in [0.2, 0.25) is 0 Å². The van der Waals surface area contributed by atoms with Gasteiger partial charge >= 0.3 is 0 Å². The SMILES string of the molecule is Cc1ccc(N2C[C@@H](NC(=O)c3cccc(F)c3)CC2=O)cc1C. The molecule has 124 valence electrons. The predicted octanol–water partition coefficient (Wildman–Crippen LogP) is 2.98. The molecule has 1 saturated heterocycles. The van der Waals surface area contributed by atoms with E-state index in [9.17, 15) is 14.0 Å². The number of hydrogen-bond donors (Lipinski definition) is 1. The molecule has 0 spiro atoms.